The molecule has 0 aliphatic carbocycles. The van der Waals surface area contributed by atoms with Crippen molar-refractivity contribution in [1.29, 1.82) is 0 Å². The van der Waals surface area contributed by atoms with Crippen LogP contribution in [0.1, 0.15) is 29.0 Å². The van der Waals surface area contributed by atoms with E-state index in [1.54, 1.807) is 19.1 Å². The van der Waals surface area contributed by atoms with E-state index in [9.17, 15) is 23.2 Å². The van der Waals surface area contributed by atoms with Gasteiger partial charge < -0.3 is 15.6 Å². The molecule has 0 radical (unpaired) electrons. The highest BCUT2D eigenvalue weighted by atomic mass is 32.2. The molecule has 0 spiro atoms. The number of aromatic amines is 1. The van der Waals surface area contributed by atoms with E-state index < -0.39 is 29.1 Å². The number of anilines is 2. The average Bonchev–Trinajstić information content (AvgIpc) is 2.74. The summed E-state index contributed by atoms with van der Waals surface area (Å²) in [7, 11) is 0. The molecule has 3 N–H and O–H groups in total. The van der Waals surface area contributed by atoms with Gasteiger partial charge in [0.25, 0.3) is 5.56 Å². The molecule has 32 heavy (non-hydrogen) atoms. The molecule has 164 valence electrons. The van der Waals surface area contributed by atoms with Crippen LogP contribution in [0.2, 0.25) is 0 Å². The molecule has 2 amide bonds. The number of thioether (sulfide) groups is 1. The quantitative estimate of drug-likeness (QED) is 0.401. The minimum absolute atomic E-state index is 0.00264. The summed E-state index contributed by atoms with van der Waals surface area (Å²) in [5, 5.41) is 5.35. The largest absolute Gasteiger partial charge is 0.325 e. The van der Waals surface area contributed by atoms with Crippen LogP contribution in [0.15, 0.2) is 52.4 Å². The minimum atomic E-state index is -1.08. The number of aromatic nitrogens is 2. The Morgan fingerprint density at radius 3 is 2.75 bits per heavy atom. The SMILES string of the molecule is Cc1ccc(F)cc1NC(=O)C1CC(=O)Nc2nc(SCc3cccc(F)c3)[nH]c(=O)c21. The number of carbonyl (C=O) groups is 2. The van der Waals surface area contributed by atoms with Crippen LogP contribution in [-0.4, -0.2) is 21.8 Å². The highest BCUT2D eigenvalue weighted by Crippen LogP contribution is 2.31. The topological polar surface area (TPSA) is 104 Å². The van der Waals surface area contributed by atoms with Crippen LogP contribution >= 0.6 is 11.8 Å². The molecule has 0 saturated heterocycles. The van der Waals surface area contributed by atoms with Gasteiger partial charge in [0.05, 0.1) is 11.5 Å². The van der Waals surface area contributed by atoms with Crippen molar-refractivity contribution in [3.8, 4) is 0 Å². The minimum Gasteiger partial charge on any atom is -0.325 e. The summed E-state index contributed by atoms with van der Waals surface area (Å²) in [4.78, 5) is 44.8. The number of nitrogens with zero attached hydrogens (tertiary/aromatic N) is 1. The second kappa shape index (κ2) is 8.91. The summed E-state index contributed by atoms with van der Waals surface area (Å²) in [6.45, 7) is 1.70. The van der Waals surface area contributed by atoms with Crippen molar-refractivity contribution in [2.45, 2.75) is 30.2 Å². The van der Waals surface area contributed by atoms with E-state index in [1.807, 2.05) is 0 Å². The van der Waals surface area contributed by atoms with Gasteiger partial charge in [0.2, 0.25) is 11.8 Å². The molecule has 1 aliphatic rings. The lowest BCUT2D eigenvalue weighted by molar-refractivity contribution is -0.123. The van der Waals surface area contributed by atoms with Crippen molar-refractivity contribution in [2.75, 3.05) is 10.6 Å². The number of hydrogen-bond acceptors (Lipinski definition) is 5. The first kappa shape index (κ1) is 21.7. The fourth-order valence-electron chi connectivity index (χ4n) is 3.37. The first-order chi connectivity index (χ1) is 15.3. The molecule has 4 rings (SSSR count). The number of nitrogens with one attached hydrogen (secondary N) is 3. The lowest BCUT2D eigenvalue weighted by Gasteiger charge is -2.23. The van der Waals surface area contributed by atoms with E-state index in [0.717, 1.165) is 11.8 Å². The molecule has 0 fully saturated rings. The van der Waals surface area contributed by atoms with Gasteiger partial charge in [-0.3, -0.25) is 14.4 Å². The lowest BCUT2D eigenvalue weighted by atomic mass is 9.92. The van der Waals surface area contributed by atoms with Crippen molar-refractivity contribution < 1.29 is 18.4 Å². The van der Waals surface area contributed by atoms with E-state index in [-0.39, 0.29) is 34.5 Å². The maximum Gasteiger partial charge on any atom is 0.257 e. The molecule has 10 heteroatoms. The maximum absolute atomic E-state index is 13.6. The Morgan fingerprint density at radius 1 is 1.19 bits per heavy atom. The average molecular weight is 456 g/mol. The zero-order valence-electron chi connectivity index (χ0n) is 16.9. The van der Waals surface area contributed by atoms with Crippen LogP contribution in [0.4, 0.5) is 20.3 Å². The van der Waals surface area contributed by atoms with E-state index in [0.29, 0.717) is 16.9 Å². The fraction of sp³-hybridized carbons (Fsp3) is 0.182. The zero-order chi connectivity index (χ0) is 22.8. The van der Waals surface area contributed by atoms with Gasteiger partial charge in [0.1, 0.15) is 17.5 Å². The fourth-order valence-corrected chi connectivity index (χ4v) is 4.17. The predicted molar refractivity (Wildman–Crippen MR) is 117 cm³/mol. The van der Waals surface area contributed by atoms with Gasteiger partial charge in [-0.1, -0.05) is 30.0 Å². The molecule has 1 aliphatic heterocycles. The van der Waals surface area contributed by atoms with Crippen molar-refractivity contribution in [3.05, 3.63) is 81.1 Å². The van der Waals surface area contributed by atoms with Crippen molar-refractivity contribution in [2.24, 2.45) is 0 Å². The molecular formula is C22H18F2N4O3S. The van der Waals surface area contributed by atoms with Gasteiger partial charge in [-0.15, -0.1) is 0 Å². The number of hydrogen-bond donors (Lipinski definition) is 3. The Labute approximate surface area is 185 Å². The Hall–Kier alpha value is -3.53. The smallest absolute Gasteiger partial charge is 0.257 e. The summed E-state index contributed by atoms with van der Waals surface area (Å²) >= 11 is 1.16. The molecular weight excluding hydrogens is 438 g/mol. The maximum atomic E-state index is 13.6. The Morgan fingerprint density at radius 2 is 1.97 bits per heavy atom. The number of carbonyl (C=O) groups excluding carboxylic acids is 2. The highest BCUT2D eigenvalue weighted by molar-refractivity contribution is 7.98. The van der Waals surface area contributed by atoms with Crippen molar-refractivity contribution in [1.82, 2.24) is 9.97 Å². The zero-order valence-corrected chi connectivity index (χ0v) is 17.7. The Bertz CT molecular complexity index is 1280. The van der Waals surface area contributed by atoms with Gasteiger partial charge in [0, 0.05) is 17.9 Å². The monoisotopic (exact) mass is 456 g/mol. The number of rotatable bonds is 5. The summed E-state index contributed by atoms with van der Waals surface area (Å²) < 4.78 is 26.9. The van der Waals surface area contributed by atoms with Crippen LogP contribution in [0, 0.1) is 18.6 Å². The third-order valence-electron chi connectivity index (χ3n) is 4.97. The third-order valence-corrected chi connectivity index (χ3v) is 5.91. The number of H-pyrrole nitrogens is 1. The van der Waals surface area contributed by atoms with Gasteiger partial charge in [0.15, 0.2) is 5.16 Å². The summed E-state index contributed by atoms with van der Waals surface area (Å²) in [5.41, 5.74) is 1.06. The third kappa shape index (κ3) is 4.70. The van der Waals surface area contributed by atoms with Gasteiger partial charge in [-0.25, -0.2) is 13.8 Å². The first-order valence-corrected chi connectivity index (χ1v) is 10.7. The second-order valence-electron chi connectivity index (χ2n) is 7.31. The molecule has 2 aromatic carbocycles. The molecule has 7 nitrogen and oxygen atoms in total. The predicted octanol–water partition coefficient (Wildman–Crippen LogP) is 3.71. The van der Waals surface area contributed by atoms with Crippen LogP contribution in [-0.2, 0) is 15.3 Å². The first-order valence-electron chi connectivity index (χ1n) is 9.68. The summed E-state index contributed by atoms with van der Waals surface area (Å²) in [6, 6.07) is 9.99. The lowest BCUT2D eigenvalue weighted by Crippen LogP contribution is -2.36. The number of aryl methyl sites for hydroxylation is 1. The molecule has 1 atom stereocenters. The highest BCUT2D eigenvalue weighted by Gasteiger charge is 2.35. The van der Waals surface area contributed by atoms with E-state index in [1.165, 1.54) is 30.3 Å². The molecule has 1 unspecified atom stereocenters. The van der Waals surface area contributed by atoms with Gasteiger partial charge >= 0.3 is 0 Å². The number of halogens is 2. The van der Waals surface area contributed by atoms with Crippen molar-refractivity contribution >= 4 is 35.1 Å². The van der Waals surface area contributed by atoms with Crippen LogP contribution < -0.4 is 16.2 Å². The summed E-state index contributed by atoms with van der Waals surface area (Å²) in [6.07, 6.45) is -0.242. The van der Waals surface area contributed by atoms with E-state index in [2.05, 4.69) is 20.6 Å². The van der Waals surface area contributed by atoms with Crippen LogP contribution in [0.5, 0.6) is 0 Å². The van der Waals surface area contributed by atoms with Crippen LogP contribution in [0.3, 0.4) is 0 Å². The van der Waals surface area contributed by atoms with Crippen LogP contribution in [0.25, 0.3) is 0 Å². The molecule has 3 aromatic rings. The summed E-state index contributed by atoms with van der Waals surface area (Å²) in [5.74, 6) is -2.70. The standard InChI is InChI=1S/C22H18F2N4O3S/c1-11-5-6-14(24)8-16(11)25-20(30)15-9-17(29)26-19-18(15)21(31)28-22(27-19)32-10-12-3-2-4-13(23)7-12/h2-8,15H,9-10H2,1H3,(H,25,30)(H2,26,27,28,29,31). The van der Waals surface area contributed by atoms with E-state index in [4.69, 9.17) is 0 Å². The molecule has 0 saturated carbocycles. The van der Waals surface area contributed by atoms with Gasteiger partial charge in [-0.2, -0.15) is 0 Å². The van der Waals surface area contributed by atoms with Crippen molar-refractivity contribution in [3.63, 3.8) is 0 Å². The number of benzene rings is 2. The van der Waals surface area contributed by atoms with E-state index >= 15 is 0 Å². The van der Waals surface area contributed by atoms with Gasteiger partial charge in [-0.05, 0) is 42.3 Å². The molecule has 0 bridgehead atoms. The molecule has 2 heterocycles. The normalized spacial score (nSPS) is 15.1. The Balaban J connectivity index is 1.59. The number of fused-ring (bicyclic) bond motifs is 1. The number of amides is 2. The Kier molecular flexibility index (Phi) is 6.04. The second-order valence-corrected chi connectivity index (χ2v) is 8.27. The molecule has 1 aromatic heterocycles.